The van der Waals surface area contributed by atoms with Crippen LogP contribution in [0.5, 0.6) is 11.5 Å². The molecule has 0 bridgehead atoms. The topological polar surface area (TPSA) is 43.0 Å². The van der Waals surface area contributed by atoms with E-state index in [1.54, 1.807) is 7.11 Å². The summed E-state index contributed by atoms with van der Waals surface area (Å²) in [6.45, 7) is 6.53. The van der Waals surface area contributed by atoms with E-state index in [1.807, 2.05) is 0 Å². The SMILES string of the molecule is COc1cc2c(cc1CNC[C@H]1CN(C)CCO1)O[C@H](C)C2. The van der Waals surface area contributed by atoms with Gasteiger partial charge in [-0.3, -0.25) is 0 Å². The smallest absolute Gasteiger partial charge is 0.123 e. The van der Waals surface area contributed by atoms with Gasteiger partial charge in [0.25, 0.3) is 0 Å². The normalized spacial score (nSPS) is 24.9. The average Bonchev–Trinajstić information content (AvgIpc) is 2.85. The van der Waals surface area contributed by atoms with Crippen LogP contribution in [-0.4, -0.2) is 57.5 Å². The number of nitrogens with zero attached hydrogens (tertiary/aromatic N) is 1. The van der Waals surface area contributed by atoms with Crippen LogP contribution in [0.2, 0.25) is 0 Å². The van der Waals surface area contributed by atoms with E-state index in [0.717, 1.165) is 56.3 Å². The quantitative estimate of drug-likeness (QED) is 0.892. The highest BCUT2D eigenvalue weighted by Crippen LogP contribution is 2.34. The molecule has 2 heterocycles. The number of nitrogens with one attached hydrogen (secondary N) is 1. The van der Waals surface area contributed by atoms with Crippen LogP contribution in [0.1, 0.15) is 18.1 Å². The minimum atomic E-state index is 0.258. The molecular formula is C17H26N2O3. The minimum absolute atomic E-state index is 0.258. The van der Waals surface area contributed by atoms with Gasteiger partial charge < -0.3 is 24.4 Å². The lowest BCUT2D eigenvalue weighted by Crippen LogP contribution is -2.44. The molecule has 0 spiro atoms. The van der Waals surface area contributed by atoms with Gasteiger partial charge >= 0.3 is 0 Å². The van der Waals surface area contributed by atoms with Crippen molar-refractivity contribution in [3.05, 3.63) is 23.3 Å². The molecule has 1 N–H and O–H groups in total. The van der Waals surface area contributed by atoms with Gasteiger partial charge in [0.1, 0.15) is 17.6 Å². The van der Waals surface area contributed by atoms with Crippen molar-refractivity contribution in [1.82, 2.24) is 10.2 Å². The standard InChI is InChI=1S/C17H26N2O3/c1-12-6-13-7-16(20-3)14(8-17(13)22-12)9-18-10-15-11-19(2)4-5-21-15/h7-8,12,15,18H,4-6,9-11H2,1-3H3/t12-,15+/m1/s1. The second-order valence-corrected chi connectivity index (χ2v) is 6.29. The fourth-order valence-electron chi connectivity index (χ4n) is 3.17. The molecule has 0 amide bonds. The van der Waals surface area contributed by atoms with Crippen molar-refractivity contribution in [2.75, 3.05) is 40.4 Å². The fourth-order valence-corrected chi connectivity index (χ4v) is 3.17. The predicted molar refractivity (Wildman–Crippen MR) is 85.7 cm³/mol. The van der Waals surface area contributed by atoms with Crippen LogP contribution in [-0.2, 0) is 17.7 Å². The zero-order valence-electron chi connectivity index (χ0n) is 13.7. The summed E-state index contributed by atoms with van der Waals surface area (Å²) < 4.78 is 17.1. The first-order valence-corrected chi connectivity index (χ1v) is 8.03. The van der Waals surface area contributed by atoms with Crippen molar-refractivity contribution in [2.24, 2.45) is 0 Å². The molecule has 2 aliphatic rings. The molecular weight excluding hydrogens is 280 g/mol. The predicted octanol–water partition coefficient (Wildman–Crippen LogP) is 1.44. The van der Waals surface area contributed by atoms with E-state index in [9.17, 15) is 0 Å². The fraction of sp³-hybridized carbons (Fsp3) is 0.647. The molecule has 1 aromatic rings. The number of benzene rings is 1. The van der Waals surface area contributed by atoms with Crippen LogP contribution < -0.4 is 14.8 Å². The molecule has 0 aromatic heterocycles. The molecule has 0 saturated carbocycles. The number of likely N-dealkylation sites (N-methyl/N-ethyl adjacent to an activating group) is 1. The van der Waals surface area contributed by atoms with E-state index in [0.29, 0.717) is 0 Å². The minimum Gasteiger partial charge on any atom is -0.496 e. The van der Waals surface area contributed by atoms with Gasteiger partial charge in [0.15, 0.2) is 0 Å². The van der Waals surface area contributed by atoms with Gasteiger partial charge in [0.2, 0.25) is 0 Å². The third kappa shape index (κ3) is 3.54. The van der Waals surface area contributed by atoms with Crippen LogP contribution in [0.15, 0.2) is 12.1 Å². The summed E-state index contributed by atoms with van der Waals surface area (Å²) in [6.07, 6.45) is 1.48. The Morgan fingerprint density at radius 2 is 2.27 bits per heavy atom. The maximum Gasteiger partial charge on any atom is 0.123 e. The highest BCUT2D eigenvalue weighted by atomic mass is 16.5. The summed E-state index contributed by atoms with van der Waals surface area (Å²) in [6, 6.07) is 4.22. The molecule has 2 aliphatic heterocycles. The summed E-state index contributed by atoms with van der Waals surface area (Å²) in [4.78, 5) is 2.31. The molecule has 1 saturated heterocycles. The summed E-state index contributed by atoms with van der Waals surface area (Å²) in [5.41, 5.74) is 2.38. The van der Waals surface area contributed by atoms with Crippen LogP contribution in [0.4, 0.5) is 0 Å². The molecule has 3 rings (SSSR count). The lowest BCUT2D eigenvalue weighted by Gasteiger charge is -2.30. The Balaban J connectivity index is 1.59. The summed E-state index contributed by atoms with van der Waals surface area (Å²) in [5, 5.41) is 3.48. The molecule has 5 nitrogen and oxygen atoms in total. The van der Waals surface area contributed by atoms with Crippen molar-refractivity contribution < 1.29 is 14.2 Å². The zero-order chi connectivity index (χ0) is 15.5. The van der Waals surface area contributed by atoms with E-state index in [-0.39, 0.29) is 12.2 Å². The van der Waals surface area contributed by atoms with Gasteiger partial charge in [-0.25, -0.2) is 0 Å². The Hall–Kier alpha value is -1.30. The number of morpholine rings is 1. The van der Waals surface area contributed by atoms with Gasteiger partial charge in [-0.15, -0.1) is 0 Å². The van der Waals surface area contributed by atoms with Crippen molar-refractivity contribution >= 4 is 0 Å². The molecule has 2 atom stereocenters. The lowest BCUT2D eigenvalue weighted by molar-refractivity contribution is -0.0182. The van der Waals surface area contributed by atoms with Crippen LogP contribution in [0.3, 0.4) is 0 Å². The molecule has 1 fully saturated rings. The van der Waals surface area contributed by atoms with Gasteiger partial charge in [0, 0.05) is 43.7 Å². The Kier molecular flexibility index (Phi) is 4.86. The van der Waals surface area contributed by atoms with Crippen molar-refractivity contribution in [3.63, 3.8) is 0 Å². The summed E-state index contributed by atoms with van der Waals surface area (Å²) >= 11 is 0. The van der Waals surface area contributed by atoms with E-state index in [4.69, 9.17) is 14.2 Å². The Bertz CT molecular complexity index is 521. The van der Waals surface area contributed by atoms with Crippen molar-refractivity contribution in [2.45, 2.75) is 32.1 Å². The maximum atomic E-state index is 5.84. The van der Waals surface area contributed by atoms with Gasteiger partial charge in [-0.05, 0) is 26.1 Å². The first-order chi connectivity index (χ1) is 10.7. The van der Waals surface area contributed by atoms with E-state index < -0.39 is 0 Å². The van der Waals surface area contributed by atoms with Gasteiger partial charge in [-0.2, -0.15) is 0 Å². The summed E-state index contributed by atoms with van der Waals surface area (Å²) in [5.74, 6) is 1.93. The number of methoxy groups -OCH3 is 1. The number of hydrogen-bond donors (Lipinski definition) is 1. The molecule has 122 valence electrons. The monoisotopic (exact) mass is 306 g/mol. The average molecular weight is 306 g/mol. The maximum absolute atomic E-state index is 5.84. The van der Waals surface area contributed by atoms with E-state index in [1.165, 1.54) is 5.56 Å². The number of ether oxygens (including phenoxy) is 3. The van der Waals surface area contributed by atoms with E-state index in [2.05, 4.69) is 36.3 Å². The van der Waals surface area contributed by atoms with Crippen LogP contribution in [0.25, 0.3) is 0 Å². The van der Waals surface area contributed by atoms with E-state index >= 15 is 0 Å². The molecule has 5 heteroatoms. The zero-order valence-corrected chi connectivity index (χ0v) is 13.7. The number of fused-ring (bicyclic) bond motifs is 1. The highest BCUT2D eigenvalue weighted by molar-refractivity contribution is 5.48. The van der Waals surface area contributed by atoms with Gasteiger partial charge in [-0.1, -0.05) is 0 Å². The number of rotatable bonds is 5. The number of hydrogen-bond acceptors (Lipinski definition) is 5. The lowest BCUT2D eigenvalue weighted by atomic mass is 10.1. The molecule has 0 radical (unpaired) electrons. The third-order valence-corrected chi connectivity index (χ3v) is 4.33. The van der Waals surface area contributed by atoms with Crippen LogP contribution >= 0.6 is 0 Å². The Morgan fingerprint density at radius 3 is 3.05 bits per heavy atom. The molecule has 22 heavy (non-hydrogen) atoms. The van der Waals surface area contributed by atoms with Crippen molar-refractivity contribution in [3.8, 4) is 11.5 Å². The molecule has 1 aromatic carbocycles. The third-order valence-electron chi connectivity index (χ3n) is 4.33. The van der Waals surface area contributed by atoms with Crippen molar-refractivity contribution in [1.29, 1.82) is 0 Å². The Morgan fingerprint density at radius 1 is 1.41 bits per heavy atom. The second kappa shape index (κ2) is 6.86. The second-order valence-electron chi connectivity index (χ2n) is 6.29. The Labute approximate surface area is 132 Å². The molecule has 0 aliphatic carbocycles. The first-order valence-electron chi connectivity index (χ1n) is 8.03. The molecule has 0 unspecified atom stereocenters. The van der Waals surface area contributed by atoms with Crippen LogP contribution in [0, 0.1) is 0 Å². The largest absolute Gasteiger partial charge is 0.496 e. The van der Waals surface area contributed by atoms with Gasteiger partial charge in [0.05, 0.1) is 19.8 Å². The first kappa shape index (κ1) is 15.6. The summed E-state index contributed by atoms with van der Waals surface area (Å²) in [7, 11) is 3.86. The highest BCUT2D eigenvalue weighted by Gasteiger charge is 2.22.